The number of carbonyl (C=O) groups excluding carboxylic acids is 2. The number of ether oxygens (including phenoxy) is 3. The second-order valence-corrected chi connectivity index (χ2v) is 5.21. The summed E-state index contributed by atoms with van der Waals surface area (Å²) in [6.07, 6.45) is 0.882. The van der Waals surface area contributed by atoms with Gasteiger partial charge >= 0.3 is 5.97 Å². The lowest BCUT2D eigenvalue weighted by Crippen LogP contribution is -2.30. The molecule has 0 bridgehead atoms. The summed E-state index contributed by atoms with van der Waals surface area (Å²) in [5, 5.41) is 2.70. The van der Waals surface area contributed by atoms with Crippen LogP contribution in [-0.4, -0.2) is 39.2 Å². The molecule has 6 heteroatoms. The van der Waals surface area contributed by atoms with Gasteiger partial charge in [0, 0.05) is 12.6 Å². The maximum absolute atomic E-state index is 12.0. The van der Waals surface area contributed by atoms with E-state index in [1.165, 1.54) is 26.4 Å². The quantitative estimate of drug-likeness (QED) is 0.744. The zero-order chi connectivity index (χ0) is 16.5. The summed E-state index contributed by atoms with van der Waals surface area (Å²) in [4.78, 5) is 23.5. The second-order valence-electron chi connectivity index (χ2n) is 5.21. The molecule has 0 aliphatic rings. The van der Waals surface area contributed by atoms with Gasteiger partial charge in [0.25, 0.3) is 5.91 Å². The van der Waals surface area contributed by atoms with Gasteiger partial charge in [-0.15, -0.1) is 0 Å². The van der Waals surface area contributed by atoms with Crippen molar-refractivity contribution in [1.82, 2.24) is 5.32 Å². The summed E-state index contributed by atoms with van der Waals surface area (Å²) in [6.45, 7) is 4.40. The van der Waals surface area contributed by atoms with Crippen LogP contribution < -0.4 is 14.8 Å². The maximum Gasteiger partial charge on any atom is 0.338 e. The first-order chi connectivity index (χ1) is 10.5. The number of hydrogen-bond donors (Lipinski definition) is 1. The van der Waals surface area contributed by atoms with Crippen LogP contribution in [0.3, 0.4) is 0 Å². The van der Waals surface area contributed by atoms with Gasteiger partial charge in [0.1, 0.15) is 11.5 Å². The number of nitrogens with one attached hydrogen (secondary N) is 1. The van der Waals surface area contributed by atoms with Crippen LogP contribution in [0.25, 0.3) is 0 Å². The molecular formula is C16H23NO5. The van der Waals surface area contributed by atoms with Crippen molar-refractivity contribution in [3.05, 3.63) is 23.8 Å². The molecule has 0 heterocycles. The van der Waals surface area contributed by atoms with E-state index in [0.29, 0.717) is 24.0 Å². The Balaban J connectivity index is 2.53. The van der Waals surface area contributed by atoms with E-state index in [4.69, 9.17) is 14.2 Å². The number of amides is 1. The van der Waals surface area contributed by atoms with Crippen LogP contribution >= 0.6 is 0 Å². The Labute approximate surface area is 130 Å². The van der Waals surface area contributed by atoms with Gasteiger partial charge in [0.05, 0.1) is 19.8 Å². The first kappa shape index (κ1) is 17.8. The predicted octanol–water partition coefficient (Wildman–Crippen LogP) is 2.02. The molecule has 0 aromatic heterocycles. The van der Waals surface area contributed by atoms with Crippen molar-refractivity contribution < 1.29 is 23.8 Å². The summed E-state index contributed by atoms with van der Waals surface area (Å²) in [6, 6.07) is 4.71. The van der Waals surface area contributed by atoms with E-state index in [2.05, 4.69) is 19.2 Å². The average Bonchev–Trinajstić information content (AvgIpc) is 2.51. The summed E-state index contributed by atoms with van der Waals surface area (Å²) in [5.41, 5.74) is 0.270. The van der Waals surface area contributed by atoms with Gasteiger partial charge < -0.3 is 19.5 Å². The van der Waals surface area contributed by atoms with E-state index < -0.39 is 5.97 Å². The van der Waals surface area contributed by atoms with Gasteiger partial charge in [-0.25, -0.2) is 4.79 Å². The molecular weight excluding hydrogens is 286 g/mol. The molecule has 1 amide bonds. The van der Waals surface area contributed by atoms with Crippen molar-refractivity contribution in [3.63, 3.8) is 0 Å². The molecule has 0 aliphatic heterocycles. The zero-order valence-corrected chi connectivity index (χ0v) is 13.5. The first-order valence-corrected chi connectivity index (χ1v) is 7.13. The Morgan fingerprint density at radius 3 is 2.18 bits per heavy atom. The first-order valence-electron chi connectivity index (χ1n) is 7.13. The highest BCUT2D eigenvalue weighted by molar-refractivity contribution is 5.92. The third-order valence-electron chi connectivity index (χ3n) is 2.97. The number of methoxy groups -OCH3 is 2. The third kappa shape index (κ3) is 6.03. The van der Waals surface area contributed by atoms with Gasteiger partial charge in [0.15, 0.2) is 6.61 Å². The smallest absolute Gasteiger partial charge is 0.338 e. The molecule has 0 atom stereocenters. The largest absolute Gasteiger partial charge is 0.497 e. The minimum atomic E-state index is -0.601. The number of rotatable bonds is 8. The SMILES string of the molecule is COc1cc(OC)cc(C(=O)OCC(=O)NCCC(C)C)c1. The van der Waals surface area contributed by atoms with Crippen LogP contribution in [0.15, 0.2) is 18.2 Å². The second kappa shape index (κ2) is 8.92. The standard InChI is InChI=1S/C16H23NO5/c1-11(2)5-6-17-15(18)10-22-16(19)12-7-13(20-3)9-14(8-12)21-4/h7-9,11H,5-6,10H2,1-4H3,(H,17,18). The van der Waals surface area contributed by atoms with Crippen molar-refractivity contribution in [2.24, 2.45) is 5.92 Å². The fourth-order valence-electron chi connectivity index (χ4n) is 1.69. The molecule has 0 aliphatic carbocycles. The summed E-state index contributed by atoms with van der Waals surface area (Å²) in [7, 11) is 2.98. The predicted molar refractivity (Wildman–Crippen MR) is 82.3 cm³/mol. The molecule has 0 saturated carbocycles. The highest BCUT2D eigenvalue weighted by atomic mass is 16.5. The van der Waals surface area contributed by atoms with Crippen LogP contribution in [0.2, 0.25) is 0 Å². The van der Waals surface area contributed by atoms with Crippen molar-refractivity contribution in [2.45, 2.75) is 20.3 Å². The minimum absolute atomic E-state index is 0.270. The average molecular weight is 309 g/mol. The van der Waals surface area contributed by atoms with Gasteiger partial charge in [-0.3, -0.25) is 4.79 Å². The molecule has 0 saturated heterocycles. The summed E-state index contributed by atoms with van der Waals surface area (Å²) in [5.74, 6) is 0.549. The molecule has 0 spiro atoms. The lowest BCUT2D eigenvalue weighted by Gasteiger charge is -2.09. The molecule has 1 aromatic rings. The van der Waals surface area contributed by atoms with Gasteiger partial charge in [-0.1, -0.05) is 13.8 Å². The molecule has 122 valence electrons. The highest BCUT2D eigenvalue weighted by Crippen LogP contribution is 2.22. The zero-order valence-electron chi connectivity index (χ0n) is 13.5. The van der Waals surface area contributed by atoms with Crippen LogP contribution in [-0.2, 0) is 9.53 Å². The van der Waals surface area contributed by atoms with Crippen LogP contribution in [0, 0.1) is 5.92 Å². The highest BCUT2D eigenvalue weighted by Gasteiger charge is 2.13. The van der Waals surface area contributed by atoms with Crippen molar-refractivity contribution in [1.29, 1.82) is 0 Å². The Morgan fingerprint density at radius 1 is 1.09 bits per heavy atom. The number of benzene rings is 1. The Bertz CT molecular complexity index is 491. The van der Waals surface area contributed by atoms with Crippen molar-refractivity contribution >= 4 is 11.9 Å². The number of carbonyl (C=O) groups is 2. The molecule has 0 fully saturated rings. The summed E-state index contributed by atoms with van der Waals surface area (Å²) >= 11 is 0. The van der Waals surface area contributed by atoms with Crippen LogP contribution in [0.1, 0.15) is 30.6 Å². The normalized spacial score (nSPS) is 10.2. The van der Waals surface area contributed by atoms with Gasteiger partial charge in [-0.2, -0.15) is 0 Å². The van der Waals surface area contributed by atoms with Crippen LogP contribution in [0.4, 0.5) is 0 Å². The Kier molecular flexibility index (Phi) is 7.22. The molecule has 0 unspecified atom stereocenters. The maximum atomic E-state index is 12.0. The molecule has 22 heavy (non-hydrogen) atoms. The molecule has 6 nitrogen and oxygen atoms in total. The minimum Gasteiger partial charge on any atom is -0.497 e. The lowest BCUT2D eigenvalue weighted by molar-refractivity contribution is -0.124. The van der Waals surface area contributed by atoms with Crippen molar-refractivity contribution in [3.8, 4) is 11.5 Å². The molecule has 1 aromatic carbocycles. The fourth-order valence-corrected chi connectivity index (χ4v) is 1.69. The molecule has 1 N–H and O–H groups in total. The Hall–Kier alpha value is -2.24. The van der Waals surface area contributed by atoms with E-state index >= 15 is 0 Å². The molecule has 0 radical (unpaired) electrons. The van der Waals surface area contributed by atoms with Gasteiger partial charge in [-0.05, 0) is 24.5 Å². The molecule has 1 rings (SSSR count). The third-order valence-corrected chi connectivity index (χ3v) is 2.97. The van der Waals surface area contributed by atoms with E-state index in [1.54, 1.807) is 6.07 Å². The topological polar surface area (TPSA) is 73.9 Å². The Morgan fingerprint density at radius 2 is 1.68 bits per heavy atom. The van der Waals surface area contributed by atoms with E-state index in [-0.39, 0.29) is 18.1 Å². The van der Waals surface area contributed by atoms with E-state index in [0.717, 1.165) is 6.42 Å². The monoisotopic (exact) mass is 309 g/mol. The van der Waals surface area contributed by atoms with Crippen LogP contribution in [0.5, 0.6) is 11.5 Å². The number of hydrogen-bond acceptors (Lipinski definition) is 5. The summed E-state index contributed by atoms with van der Waals surface area (Å²) < 4.78 is 15.1. The van der Waals surface area contributed by atoms with E-state index in [1.807, 2.05) is 0 Å². The van der Waals surface area contributed by atoms with E-state index in [9.17, 15) is 9.59 Å². The fraction of sp³-hybridized carbons (Fsp3) is 0.500. The van der Waals surface area contributed by atoms with Crippen molar-refractivity contribution in [2.75, 3.05) is 27.4 Å². The van der Waals surface area contributed by atoms with Gasteiger partial charge in [0.2, 0.25) is 0 Å². The number of esters is 1. The lowest BCUT2D eigenvalue weighted by atomic mass is 10.1.